The number of aromatic nitrogens is 1. The van der Waals surface area contributed by atoms with Gasteiger partial charge in [0.15, 0.2) is 21.3 Å². The molecule has 0 spiro atoms. The molecule has 3 aromatic rings. The molecule has 8 heteroatoms. The second-order valence-corrected chi connectivity index (χ2v) is 10.7. The van der Waals surface area contributed by atoms with E-state index in [0.717, 1.165) is 21.6 Å². The van der Waals surface area contributed by atoms with E-state index >= 15 is 0 Å². The highest BCUT2D eigenvalue weighted by molar-refractivity contribution is 7.91. The molecule has 1 aliphatic rings. The summed E-state index contributed by atoms with van der Waals surface area (Å²) in [4.78, 5) is 16.0. The van der Waals surface area contributed by atoms with E-state index in [1.165, 1.54) is 0 Å². The highest BCUT2D eigenvalue weighted by Crippen LogP contribution is 2.27. The van der Waals surface area contributed by atoms with Gasteiger partial charge >= 0.3 is 0 Å². The molecule has 0 unspecified atom stereocenters. The van der Waals surface area contributed by atoms with E-state index in [2.05, 4.69) is 5.16 Å². The van der Waals surface area contributed by atoms with Crippen LogP contribution < -0.4 is 0 Å². The third kappa shape index (κ3) is 4.28. The third-order valence-corrected chi connectivity index (χ3v) is 8.02. The van der Waals surface area contributed by atoms with Gasteiger partial charge in [-0.3, -0.25) is 4.79 Å². The van der Waals surface area contributed by atoms with Crippen molar-refractivity contribution >= 4 is 27.1 Å². The molecule has 1 atom stereocenters. The minimum Gasteiger partial charge on any atom is -0.355 e. The normalized spacial score (nSPS) is 18.1. The molecular formula is C21H22N2O4S2. The second-order valence-electron chi connectivity index (χ2n) is 7.46. The van der Waals surface area contributed by atoms with Gasteiger partial charge < -0.3 is 9.42 Å². The first-order chi connectivity index (χ1) is 13.8. The number of hydrogen-bond acceptors (Lipinski definition) is 6. The maximum absolute atomic E-state index is 13.3. The van der Waals surface area contributed by atoms with Gasteiger partial charge in [-0.2, -0.15) is 0 Å². The maximum Gasteiger partial charge on any atom is 0.276 e. The largest absolute Gasteiger partial charge is 0.355 e. The average Bonchev–Trinajstić information content (AvgIpc) is 3.40. The molecule has 0 bridgehead atoms. The molecule has 1 fully saturated rings. The lowest BCUT2D eigenvalue weighted by atomic mass is 10.1. The Bertz CT molecular complexity index is 1130. The number of rotatable bonds is 5. The van der Waals surface area contributed by atoms with Crippen molar-refractivity contribution in [2.45, 2.75) is 32.9 Å². The molecule has 4 rings (SSSR count). The van der Waals surface area contributed by atoms with Crippen molar-refractivity contribution in [2.75, 3.05) is 11.5 Å². The number of amides is 1. The van der Waals surface area contributed by atoms with Crippen LogP contribution in [0.5, 0.6) is 0 Å². The maximum atomic E-state index is 13.3. The average molecular weight is 431 g/mol. The fourth-order valence-corrected chi connectivity index (χ4v) is 6.12. The fourth-order valence-electron chi connectivity index (χ4n) is 3.49. The molecule has 6 nitrogen and oxygen atoms in total. The Balaban J connectivity index is 1.62. The molecule has 3 heterocycles. The number of nitrogens with zero attached hydrogens (tertiary/aromatic N) is 2. The van der Waals surface area contributed by atoms with Crippen LogP contribution in [0.15, 0.2) is 46.3 Å². The molecule has 0 N–H and O–H groups in total. The van der Waals surface area contributed by atoms with Gasteiger partial charge in [0.05, 0.1) is 18.1 Å². The molecule has 1 amide bonds. The van der Waals surface area contributed by atoms with Crippen molar-refractivity contribution in [2.24, 2.45) is 0 Å². The van der Waals surface area contributed by atoms with Gasteiger partial charge in [-0.05, 0) is 37.3 Å². The van der Waals surface area contributed by atoms with Crippen molar-refractivity contribution in [3.05, 3.63) is 63.5 Å². The Morgan fingerprint density at radius 2 is 2.00 bits per heavy atom. The number of aryl methyl sites for hydroxylation is 2. The molecule has 152 valence electrons. The van der Waals surface area contributed by atoms with Gasteiger partial charge in [0.2, 0.25) is 0 Å². The number of carbonyl (C=O) groups is 1. The standard InChI is InChI=1S/C21H22N2O4S2/c1-14-3-5-16(6-4-14)19-11-18(22-27-19)21(24)23(12-20-15(2)7-9-28-20)17-8-10-29(25,26)13-17/h3-7,9,11,17H,8,10,12-13H2,1-2H3/t17-/m1/s1. The number of sulfone groups is 1. The van der Waals surface area contributed by atoms with Gasteiger partial charge in [0.1, 0.15) is 0 Å². The lowest BCUT2D eigenvalue weighted by molar-refractivity contribution is 0.0672. The Kier molecular flexibility index (Phi) is 5.31. The van der Waals surface area contributed by atoms with E-state index in [1.54, 1.807) is 22.3 Å². The monoisotopic (exact) mass is 430 g/mol. The van der Waals surface area contributed by atoms with Crippen LogP contribution in [0.1, 0.15) is 32.9 Å². The Hall–Kier alpha value is -2.45. The van der Waals surface area contributed by atoms with Crippen LogP contribution >= 0.6 is 11.3 Å². The van der Waals surface area contributed by atoms with Gasteiger partial charge in [-0.15, -0.1) is 11.3 Å². The van der Waals surface area contributed by atoms with Crippen LogP contribution in [-0.2, 0) is 16.4 Å². The summed E-state index contributed by atoms with van der Waals surface area (Å²) in [5.74, 6) is 0.311. The Labute approximate surface area is 174 Å². The Morgan fingerprint density at radius 1 is 1.24 bits per heavy atom. The van der Waals surface area contributed by atoms with Gasteiger partial charge in [0, 0.05) is 22.5 Å². The summed E-state index contributed by atoms with van der Waals surface area (Å²) in [5, 5.41) is 5.96. The number of benzene rings is 1. The molecule has 1 saturated heterocycles. The van der Waals surface area contributed by atoms with E-state index < -0.39 is 9.84 Å². The minimum atomic E-state index is -3.12. The van der Waals surface area contributed by atoms with E-state index in [0.29, 0.717) is 18.7 Å². The first-order valence-corrected chi connectivity index (χ1v) is 12.1. The molecule has 0 radical (unpaired) electrons. The number of hydrogen-bond donors (Lipinski definition) is 0. The molecule has 0 saturated carbocycles. The third-order valence-electron chi connectivity index (χ3n) is 5.26. The van der Waals surface area contributed by atoms with Crippen molar-refractivity contribution in [3.63, 3.8) is 0 Å². The summed E-state index contributed by atoms with van der Waals surface area (Å²) in [7, 11) is -3.12. The van der Waals surface area contributed by atoms with E-state index in [-0.39, 0.29) is 29.1 Å². The molecule has 0 aliphatic carbocycles. The molecular weight excluding hydrogens is 408 g/mol. The lowest BCUT2D eigenvalue weighted by Gasteiger charge is -2.27. The molecule has 1 aliphatic heterocycles. The zero-order valence-corrected chi connectivity index (χ0v) is 17.9. The SMILES string of the molecule is Cc1ccc(-c2cc(C(=O)N(Cc3sccc3C)[C@@H]3CCS(=O)(=O)C3)no2)cc1. The van der Waals surface area contributed by atoms with Crippen LogP contribution in [-0.4, -0.2) is 41.9 Å². The summed E-state index contributed by atoms with van der Waals surface area (Å²) in [6, 6.07) is 11.0. The highest BCUT2D eigenvalue weighted by Gasteiger charge is 2.36. The Morgan fingerprint density at radius 3 is 2.62 bits per heavy atom. The van der Waals surface area contributed by atoms with Crippen molar-refractivity contribution in [3.8, 4) is 11.3 Å². The topological polar surface area (TPSA) is 80.5 Å². The van der Waals surface area contributed by atoms with Gasteiger partial charge in [0.25, 0.3) is 5.91 Å². The fraction of sp³-hybridized carbons (Fsp3) is 0.333. The predicted octanol–water partition coefficient (Wildman–Crippen LogP) is 3.85. The number of thiophene rings is 1. The van der Waals surface area contributed by atoms with Crippen LogP contribution in [0.2, 0.25) is 0 Å². The molecule has 1 aromatic carbocycles. The lowest BCUT2D eigenvalue weighted by Crippen LogP contribution is -2.40. The van der Waals surface area contributed by atoms with Crippen LogP contribution in [0, 0.1) is 13.8 Å². The highest BCUT2D eigenvalue weighted by atomic mass is 32.2. The van der Waals surface area contributed by atoms with Crippen molar-refractivity contribution in [1.29, 1.82) is 0 Å². The minimum absolute atomic E-state index is 0.00810. The summed E-state index contributed by atoms with van der Waals surface area (Å²) in [6.07, 6.45) is 0.446. The van der Waals surface area contributed by atoms with Gasteiger partial charge in [-0.1, -0.05) is 35.0 Å². The predicted molar refractivity (Wildman–Crippen MR) is 113 cm³/mol. The van der Waals surface area contributed by atoms with E-state index in [1.807, 2.05) is 49.6 Å². The first-order valence-electron chi connectivity index (χ1n) is 9.40. The first kappa shape index (κ1) is 19.8. The van der Waals surface area contributed by atoms with Crippen LogP contribution in [0.3, 0.4) is 0 Å². The molecule has 29 heavy (non-hydrogen) atoms. The van der Waals surface area contributed by atoms with Crippen LogP contribution in [0.25, 0.3) is 11.3 Å². The van der Waals surface area contributed by atoms with Crippen LogP contribution in [0.4, 0.5) is 0 Å². The summed E-state index contributed by atoms with van der Waals surface area (Å²) >= 11 is 1.57. The summed E-state index contributed by atoms with van der Waals surface area (Å²) < 4.78 is 29.5. The summed E-state index contributed by atoms with van der Waals surface area (Å²) in [6.45, 7) is 4.36. The van der Waals surface area contributed by atoms with Gasteiger partial charge in [-0.25, -0.2) is 8.42 Å². The van der Waals surface area contributed by atoms with E-state index in [9.17, 15) is 13.2 Å². The second kappa shape index (κ2) is 7.76. The van der Waals surface area contributed by atoms with Crippen molar-refractivity contribution < 1.29 is 17.7 Å². The number of carbonyl (C=O) groups excluding carboxylic acids is 1. The summed E-state index contributed by atoms with van der Waals surface area (Å²) in [5.41, 5.74) is 3.25. The van der Waals surface area contributed by atoms with E-state index in [4.69, 9.17) is 4.52 Å². The van der Waals surface area contributed by atoms with Crippen molar-refractivity contribution in [1.82, 2.24) is 10.1 Å². The zero-order valence-electron chi connectivity index (χ0n) is 16.3. The smallest absolute Gasteiger partial charge is 0.276 e. The molecule has 2 aromatic heterocycles. The zero-order chi connectivity index (χ0) is 20.6. The quantitative estimate of drug-likeness (QED) is 0.614.